The van der Waals surface area contributed by atoms with Gasteiger partial charge in [0, 0.05) is 18.1 Å². The summed E-state index contributed by atoms with van der Waals surface area (Å²) in [5.41, 5.74) is 5.79. The molecule has 1 fully saturated rings. The number of carbonyl (C=O) groups is 1. The molecule has 0 aliphatic carbocycles. The van der Waals surface area contributed by atoms with E-state index in [1.165, 1.54) is 30.0 Å². The van der Waals surface area contributed by atoms with E-state index in [9.17, 15) is 13.2 Å². The topological polar surface area (TPSA) is 89.7 Å². The van der Waals surface area contributed by atoms with Crippen molar-refractivity contribution in [1.29, 1.82) is 0 Å². The minimum Gasteiger partial charge on any atom is -0.398 e. The Bertz CT molecular complexity index is 642. The Labute approximate surface area is 128 Å². The Morgan fingerprint density at radius 2 is 2.00 bits per heavy atom. The minimum absolute atomic E-state index is 0.0843. The lowest BCUT2D eigenvalue weighted by Crippen LogP contribution is -2.47. The third-order valence-corrected chi connectivity index (χ3v) is 5.75. The van der Waals surface area contributed by atoms with Crippen LogP contribution in [0.25, 0.3) is 0 Å². The molecule has 0 spiro atoms. The third kappa shape index (κ3) is 3.30. The van der Waals surface area contributed by atoms with Gasteiger partial charge in [0.2, 0.25) is 5.91 Å². The predicted molar refractivity (Wildman–Crippen MR) is 79.9 cm³/mol. The summed E-state index contributed by atoms with van der Waals surface area (Å²) in [5.74, 6) is -0.447. The first-order valence-electron chi connectivity index (χ1n) is 6.49. The number of halogens is 1. The SMILES string of the molecule is CC(C(=O)N1CCOCC1)S(=O)(=O)c1cc(Cl)ccc1N. The molecule has 1 aliphatic heterocycles. The number of nitrogens with zero attached hydrogens (tertiary/aromatic N) is 1. The maximum atomic E-state index is 12.6. The van der Waals surface area contributed by atoms with E-state index in [-0.39, 0.29) is 15.6 Å². The number of nitrogen functional groups attached to an aromatic ring is 1. The monoisotopic (exact) mass is 332 g/mol. The van der Waals surface area contributed by atoms with Crippen LogP contribution >= 0.6 is 11.6 Å². The molecule has 1 unspecified atom stereocenters. The number of carbonyl (C=O) groups excluding carboxylic acids is 1. The van der Waals surface area contributed by atoms with Crippen LogP contribution in [0.4, 0.5) is 5.69 Å². The summed E-state index contributed by atoms with van der Waals surface area (Å²) in [6.45, 7) is 2.98. The molecule has 2 N–H and O–H groups in total. The Kier molecular flexibility index (Phi) is 4.75. The lowest BCUT2D eigenvalue weighted by Gasteiger charge is -2.29. The van der Waals surface area contributed by atoms with Gasteiger partial charge in [0.15, 0.2) is 9.84 Å². The molecular formula is C13H17ClN2O4S. The Hall–Kier alpha value is -1.31. The second-order valence-corrected chi connectivity index (χ2v) is 7.48. The van der Waals surface area contributed by atoms with Crippen molar-refractivity contribution in [2.75, 3.05) is 32.0 Å². The van der Waals surface area contributed by atoms with E-state index in [1.54, 1.807) is 0 Å². The van der Waals surface area contributed by atoms with Crippen LogP contribution in [-0.2, 0) is 19.4 Å². The van der Waals surface area contributed by atoms with Gasteiger partial charge in [-0.3, -0.25) is 4.79 Å². The van der Waals surface area contributed by atoms with Crippen LogP contribution in [0.5, 0.6) is 0 Å². The van der Waals surface area contributed by atoms with Gasteiger partial charge < -0.3 is 15.4 Å². The predicted octanol–water partition coefficient (Wildman–Crippen LogP) is 0.943. The highest BCUT2D eigenvalue weighted by Gasteiger charge is 2.34. The van der Waals surface area contributed by atoms with Gasteiger partial charge in [0.25, 0.3) is 0 Å². The molecule has 1 atom stereocenters. The van der Waals surface area contributed by atoms with Crippen molar-refractivity contribution in [2.45, 2.75) is 17.1 Å². The maximum Gasteiger partial charge on any atom is 0.241 e. The van der Waals surface area contributed by atoms with Crippen molar-refractivity contribution in [1.82, 2.24) is 4.90 Å². The van der Waals surface area contributed by atoms with E-state index in [0.29, 0.717) is 26.3 Å². The molecule has 0 bridgehead atoms. The summed E-state index contributed by atoms with van der Waals surface area (Å²) in [5, 5.41) is -0.954. The molecule has 21 heavy (non-hydrogen) atoms. The Morgan fingerprint density at radius 3 is 2.62 bits per heavy atom. The Balaban J connectivity index is 2.29. The summed E-state index contributed by atoms with van der Waals surface area (Å²) in [4.78, 5) is 13.7. The van der Waals surface area contributed by atoms with Gasteiger partial charge in [-0.15, -0.1) is 0 Å². The highest BCUT2D eigenvalue weighted by atomic mass is 35.5. The standard InChI is InChI=1S/C13H17ClN2O4S/c1-9(13(17)16-4-6-20-7-5-16)21(18,19)12-8-10(14)2-3-11(12)15/h2-3,8-9H,4-7,15H2,1H3. The smallest absolute Gasteiger partial charge is 0.241 e. The number of rotatable bonds is 3. The highest BCUT2D eigenvalue weighted by molar-refractivity contribution is 7.93. The summed E-state index contributed by atoms with van der Waals surface area (Å²) in [6, 6.07) is 4.20. The molecule has 0 radical (unpaired) electrons. The molecule has 1 aromatic carbocycles. The zero-order valence-electron chi connectivity index (χ0n) is 11.6. The van der Waals surface area contributed by atoms with Crippen molar-refractivity contribution in [3.63, 3.8) is 0 Å². The molecule has 6 nitrogen and oxygen atoms in total. The zero-order valence-corrected chi connectivity index (χ0v) is 13.2. The van der Waals surface area contributed by atoms with E-state index in [1.807, 2.05) is 0 Å². The summed E-state index contributed by atoms with van der Waals surface area (Å²) in [6.07, 6.45) is 0. The quantitative estimate of drug-likeness (QED) is 0.832. The lowest BCUT2D eigenvalue weighted by atomic mass is 10.3. The second kappa shape index (κ2) is 6.21. The first-order chi connectivity index (χ1) is 9.84. The fraction of sp³-hybridized carbons (Fsp3) is 0.462. The molecule has 1 heterocycles. The first kappa shape index (κ1) is 16.1. The van der Waals surface area contributed by atoms with Crippen molar-refractivity contribution in [2.24, 2.45) is 0 Å². The number of hydrogen-bond donors (Lipinski definition) is 1. The highest BCUT2D eigenvalue weighted by Crippen LogP contribution is 2.27. The van der Waals surface area contributed by atoms with E-state index in [4.69, 9.17) is 22.1 Å². The van der Waals surface area contributed by atoms with Crippen LogP contribution in [0.3, 0.4) is 0 Å². The minimum atomic E-state index is -3.88. The molecule has 1 aromatic rings. The summed E-state index contributed by atoms with van der Waals surface area (Å²) in [7, 11) is -3.88. The molecule has 0 saturated carbocycles. The normalized spacial score (nSPS) is 17.5. The van der Waals surface area contributed by atoms with Crippen LogP contribution < -0.4 is 5.73 Å². The van der Waals surface area contributed by atoms with Gasteiger partial charge in [0.05, 0.1) is 23.8 Å². The number of anilines is 1. The maximum absolute atomic E-state index is 12.6. The Morgan fingerprint density at radius 1 is 1.38 bits per heavy atom. The second-order valence-electron chi connectivity index (χ2n) is 4.81. The molecule has 116 valence electrons. The van der Waals surface area contributed by atoms with Crippen molar-refractivity contribution in [3.05, 3.63) is 23.2 Å². The van der Waals surface area contributed by atoms with Crippen molar-refractivity contribution >= 4 is 33.0 Å². The molecule has 0 aromatic heterocycles. The van der Waals surface area contributed by atoms with E-state index >= 15 is 0 Å². The number of sulfone groups is 1. The van der Waals surface area contributed by atoms with Crippen molar-refractivity contribution in [3.8, 4) is 0 Å². The van der Waals surface area contributed by atoms with Gasteiger partial charge in [-0.1, -0.05) is 11.6 Å². The van der Waals surface area contributed by atoms with Crippen LogP contribution in [-0.4, -0.2) is 50.8 Å². The zero-order chi connectivity index (χ0) is 15.6. The molecule has 1 amide bonds. The van der Waals surface area contributed by atoms with Gasteiger partial charge in [0.1, 0.15) is 5.25 Å². The molecule has 1 saturated heterocycles. The van der Waals surface area contributed by atoms with E-state index < -0.39 is 21.0 Å². The summed E-state index contributed by atoms with van der Waals surface area (Å²) >= 11 is 5.82. The van der Waals surface area contributed by atoms with Gasteiger partial charge in [-0.2, -0.15) is 0 Å². The molecule has 8 heteroatoms. The number of hydrogen-bond acceptors (Lipinski definition) is 5. The number of morpholine rings is 1. The number of nitrogens with two attached hydrogens (primary N) is 1. The molecule has 1 aliphatic rings. The van der Waals surface area contributed by atoms with Gasteiger partial charge in [-0.25, -0.2) is 8.42 Å². The fourth-order valence-corrected chi connectivity index (χ4v) is 3.84. The van der Waals surface area contributed by atoms with Crippen LogP contribution in [0.2, 0.25) is 5.02 Å². The van der Waals surface area contributed by atoms with Crippen LogP contribution in [0.15, 0.2) is 23.1 Å². The first-order valence-corrected chi connectivity index (χ1v) is 8.42. The van der Waals surface area contributed by atoms with Crippen molar-refractivity contribution < 1.29 is 17.9 Å². The largest absolute Gasteiger partial charge is 0.398 e. The lowest BCUT2D eigenvalue weighted by molar-refractivity contribution is -0.134. The van der Waals surface area contributed by atoms with Crippen LogP contribution in [0, 0.1) is 0 Å². The number of benzene rings is 1. The summed E-state index contributed by atoms with van der Waals surface area (Å²) < 4.78 is 30.3. The fourth-order valence-electron chi connectivity index (χ4n) is 2.12. The number of amides is 1. The van der Waals surface area contributed by atoms with Crippen LogP contribution in [0.1, 0.15) is 6.92 Å². The average Bonchev–Trinajstić information content (AvgIpc) is 2.49. The van der Waals surface area contributed by atoms with E-state index in [0.717, 1.165) is 0 Å². The average molecular weight is 333 g/mol. The van der Waals surface area contributed by atoms with E-state index in [2.05, 4.69) is 0 Å². The van der Waals surface area contributed by atoms with Gasteiger partial charge >= 0.3 is 0 Å². The van der Waals surface area contributed by atoms with Gasteiger partial charge in [-0.05, 0) is 25.1 Å². The molecule has 2 rings (SSSR count). The number of ether oxygens (including phenoxy) is 1. The molecular weight excluding hydrogens is 316 g/mol. The third-order valence-electron chi connectivity index (χ3n) is 3.42.